The summed E-state index contributed by atoms with van der Waals surface area (Å²) < 4.78 is 5.07. The zero-order valence-electron chi connectivity index (χ0n) is 10.5. The first-order valence-electron chi connectivity index (χ1n) is 6.52. The van der Waals surface area contributed by atoms with Gasteiger partial charge in [0.2, 0.25) is 0 Å². The number of ketones is 1. The zero-order valence-corrected chi connectivity index (χ0v) is 11.3. The Hall–Kier alpha value is -0.760. The van der Waals surface area contributed by atoms with Crippen molar-refractivity contribution in [2.24, 2.45) is 0 Å². The number of Topliss-reactive ketones (excluding diaryl/α,β-unsaturated/α-hetero) is 1. The van der Waals surface area contributed by atoms with Crippen molar-refractivity contribution >= 4 is 17.4 Å². The van der Waals surface area contributed by atoms with Gasteiger partial charge in [-0.25, -0.2) is 0 Å². The number of rotatable bonds is 9. The van der Waals surface area contributed by atoms with Crippen LogP contribution in [0.1, 0.15) is 68.8 Å². The Bertz CT molecular complexity index is 331. The average molecular weight is 257 g/mol. The van der Waals surface area contributed by atoms with E-state index in [-0.39, 0.29) is 11.0 Å². The first kappa shape index (κ1) is 14.3. The van der Waals surface area contributed by atoms with Gasteiger partial charge in [-0.1, -0.05) is 45.4 Å². The van der Waals surface area contributed by atoms with Gasteiger partial charge in [0, 0.05) is 6.42 Å². The lowest BCUT2D eigenvalue weighted by molar-refractivity contribution is 0.0952. The maximum Gasteiger partial charge on any atom is 0.198 e. The summed E-state index contributed by atoms with van der Waals surface area (Å²) in [5, 5.41) is 0.285. The standard InChI is InChI=1S/C14H21ClO2/c1-2-3-4-5-6-7-8-9-12(16)13-10-11-14(15)17-13/h10-11H,2-9H2,1H3. The number of unbranched alkanes of at least 4 members (excludes halogenated alkanes) is 6. The molecule has 0 unspecified atom stereocenters. The molecule has 0 saturated heterocycles. The molecule has 0 aliphatic carbocycles. The molecule has 0 atom stereocenters. The van der Waals surface area contributed by atoms with Crippen molar-refractivity contribution in [3.63, 3.8) is 0 Å². The maximum absolute atomic E-state index is 11.6. The lowest BCUT2D eigenvalue weighted by Gasteiger charge is -2.00. The van der Waals surface area contributed by atoms with Crippen molar-refractivity contribution in [1.82, 2.24) is 0 Å². The second kappa shape index (κ2) is 8.35. The van der Waals surface area contributed by atoms with Crippen molar-refractivity contribution in [2.45, 2.75) is 58.3 Å². The fourth-order valence-electron chi connectivity index (χ4n) is 1.83. The van der Waals surface area contributed by atoms with Crippen molar-refractivity contribution in [2.75, 3.05) is 0 Å². The van der Waals surface area contributed by atoms with Gasteiger partial charge in [-0.05, 0) is 30.2 Å². The summed E-state index contributed by atoms with van der Waals surface area (Å²) in [6, 6.07) is 3.26. The van der Waals surface area contributed by atoms with Gasteiger partial charge < -0.3 is 4.42 Å². The molecule has 2 nitrogen and oxygen atoms in total. The van der Waals surface area contributed by atoms with Gasteiger partial charge in [-0.15, -0.1) is 0 Å². The summed E-state index contributed by atoms with van der Waals surface area (Å²) in [4.78, 5) is 11.6. The van der Waals surface area contributed by atoms with Crippen molar-refractivity contribution < 1.29 is 9.21 Å². The van der Waals surface area contributed by atoms with E-state index in [9.17, 15) is 4.79 Å². The first-order chi connectivity index (χ1) is 8.24. The van der Waals surface area contributed by atoms with Gasteiger partial charge in [-0.2, -0.15) is 0 Å². The van der Waals surface area contributed by atoms with Crippen molar-refractivity contribution in [3.05, 3.63) is 23.1 Å². The molecule has 1 aromatic rings. The third kappa shape index (κ3) is 5.92. The molecule has 1 rings (SSSR count). The number of carbonyl (C=O) groups is 1. The van der Waals surface area contributed by atoms with Crippen LogP contribution >= 0.6 is 11.6 Å². The van der Waals surface area contributed by atoms with Crippen molar-refractivity contribution in [1.29, 1.82) is 0 Å². The van der Waals surface area contributed by atoms with Crippen LogP contribution in [0.5, 0.6) is 0 Å². The van der Waals surface area contributed by atoms with E-state index >= 15 is 0 Å². The van der Waals surface area contributed by atoms with Crippen LogP contribution in [0.15, 0.2) is 16.5 Å². The topological polar surface area (TPSA) is 30.2 Å². The second-order valence-electron chi connectivity index (χ2n) is 4.40. The fraction of sp³-hybridized carbons (Fsp3) is 0.643. The molecule has 1 heterocycles. The van der Waals surface area contributed by atoms with Crippen LogP contribution in [0.25, 0.3) is 0 Å². The summed E-state index contributed by atoms with van der Waals surface area (Å²) in [6.07, 6.45) is 9.07. The van der Waals surface area contributed by atoms with E-state index in [2.05, 4.69) is 6.92 Å². The molecule has 0 bridgehead atoms. The van der Waals surface area contributed by atoms with E-state index in [0.29, 0.717) is 12.2 Å². The van der Waals surface area contributed by atoms with Gasteiger partial charge in [0.1, 0.15) is 0 Å². The van der Waals surface area contributed by atoms with Crippen LogP contribution in [0.2, 0.25) is 5.22 Å². The van der Waals surface area contributed by atoms with Gasteiger partial charge in [0.25, 0.3) is 0 Å². The third-order valence-electron chi connectivity index (χ3n) is 2.86. The molecule has 0 saturated carbocycles. The van der Waals surface area contributed by atoms with Gasteiger partial charge in [0.15, 0.2) is 16.8 Å². The Morgan fingerprint density at radius 2 is 1.76 bits per heavy atom. The first-order valence-corrected chi connectivity index (χ1v) is 6.90. The summed E-state index contributed by atoms with van der Waals surface area (Å²) >= 11 is 5.62. The molecule has 0 amide bonds. The molecular weight excluding hydrogens is 236 g/mol. The van der Waals surface area contributed by atoms with E-state index in [1.165, 1.54) is 32.1 Å². The molecule has 0 aromatic carbocycles. The molecule has 0 spiro atoms. The predicted octanol–water partition coefficient (Wildman–Crippen LogP) is 5.26. The number of hydrogen-bond acceptors (Lipinski definition) is 2. The van der Waals surface area contributed by atoms with Crippen LogP contribution < -0.4 is 0 Å². The van der Waals surface area contributed by atoms with Crippen molar-refractivity contribution in [3.8, 4) is 0 Å². The molecule has 0 aliphatic rings. The minimum Gasteiger partial charge on any atom is -0.442 e. The highest BCUT2D eigenvalue weighted by atomic mass is 35.5. The predicted molar refractivity (Wildman–Crippen MR) is 70.7 cm³/mol. The Morgan fingerprint density at radius 1 is 1.12 bits per heavy atom. The average Bonchev–Trinajstić information content (AvgIpc) is 2.74. The number of furan rings is 1. The highest BCUT2D eigenvalue weighted by molar-refractivity contribution is 6.29. The number of carbonyl (C=O) groups excluding carboxylic acids is 1. The normalized spacial score (nSPS) is 10.7. The molecule has 3 heteroatoms. The van der Waals surface area contributed by atoms with Gasteiger partial charge in [0.05, 0.1) is 0 Å². The Balaban J connectivity index is 2.05. The fourth-order valence-corrected chi connectivity index (χ4v) is 1.98. The molecule has 1 aromatic heterocycles. The molecular formula is C14H21ClO2. The molecule has 0 fully saturated rings. The second-order valence-corrected chi connectivity index (χ2v) is 4.77. The lowest BCUT2D eigenvalue weighted by Crippen LogP contribution is -1.96. The van der Waals surface area contributed by atoms with E-state index < -0.39 is 0 Å². The van der Waals surface area contributed by atoms with Gasteiger partial charge >= 0.3 is 0 Å². The third-order valence-corrected chi connectivity index (χ3v) is 3.06. The summed E-state index contributed by atoms with van der Waals surface area (Å²) in [6.45, 7) is 2.22. The summed E-state index contributed by atoms with van der Waals surface area (Å²) in [7, 11) is 0. The smallest absolute Gasteiger partial charge is 0.198 e. The summed E-state index contributed by atoms with van der Waals surface area (Å²) in [5.41, 5.74) is 0. The highest BCUT2D eigenvalue weighted by Gasteiger charge is 2.09. The highest BCUT2D eigenvalue weighted by Crippen LogP contribution is 2.16. The summed E-state index contributed by atoms with van der Waals surface area (Å²) in [5.74, 6) is 0.450. The van der Waals surface area contributed by atoms with E-state index in [0.717, 1.165) is 12.8 Å². The van der Waals surface area contributed by atoms with Crippen LogP contribution in [0.3, 0.4) is 0 Å². The van der Waals surface area contributed by atoms with Crippen LogP contribution in [-0.4, -0.2) is 5.78 Å². The minimum atomic E-state index is 0.0606. The SMILES string of the molecule is CCCCCCCCCC(=O)c1ccc(Cl)o1. The lowest BCUT2D eigenvalue weighted by atomic mass is 10.1. The van der Waals surface area contributed by atoms with Gasteiger partial charge in [-0.3, -0.25) is 4.79 Å². The Kier molecular flexibility index (Phi) is 7.02. The number of hydrogen-bond donors (Lipinski definition) is 0. The Labute approximate surface area is 108 Å². The van der Waals surface area contributed by atoms with Crippen LogP contribution in [0.4, 0.5) is 0 Å². The van der Waals surface area contributed by atoms with Crippen LogP contribution in [0, 0.1) is 0 Å². The minimum absolute atomic E-state index is 0.0606. The zero-order chi connectivity index (χ0) is 12.5. The maximum atomic E-state index is 11.6. The molecule has 17 heavy (non-hydrogen) atoms. The van der Waals surface area contributed by atoms with E-state index in [1.807, 2.05) is 0 Å². The van der Waals surface area contributed by atoms with Crippen LogP contribution in [-0.2, 0) is 0 Å². The monoisotopic (exact) mass is 256 g/mol. The molecule has 0 radical (unpaired) electrons. The number of halogens is 1. The Morgan fingerprint density at radius 3 is 2.35 bits per heavy atom. The molecule has 96 valence electrons. The van der Waals surface area contributed by atoms with E-state index in [1.54, 1.807) is 12.1 Å². The molecule has 0 N–H and O–H groups in total. The van der Waals surface area contributed by atoms with E-state index in [4.69, 9.17) is 16.0 Å². The largest absolute Gasteiger partial charge is 0.442 e. The molecule has 0 aliphatic heterocycles. The quantitative estimate of drug-likeness (QED) is 0.446.